The third-order valence-corrected chi connectivity index (χ3v) is 2.26. The van der Waals surface area contributed by atoms with E-state index in [1.165, 1.54) is 7.11 Å². The Kier molecular flexibility index (Phi) is 4.66. The number of benzene rings is 1. The Morgan fingerprint density at radius 1 is 1.44 bits per heavy atom. The average molecular weight is 222 g/mol. The van der Waals surface area contributed by atoms with Crippen LogP contribution < -0.4 is 0 Å². The maximum Gasteiger partial charge on any atom is 0.337 e. The SMILES string of the molecule is COC(=O)c1ccc(CCC(O)C=O)cc1. The van der Waals surface area contributed by atoms with E-state index >= 15 is 0 Å². The maximum atomic E-state index is 11.1. The predicted molar refractivity (Wildman–Crippen MR) is 58.2 cm³/mol. The second kappa shape index (κ2) is 6.02. The number of carbonyl (C=O) groups excluding carboxylic acids is 2. The molecule has 1 aromatic carbocycles. The van der Waals surface area contributed by atoms with Gasteiger partial charge in [-0.2, -0.15) is 0 Å². The number of rotatable bonds is 5. The van der Waals surface area contributed by atoms with Gasteiger partial charge in [0.2, 0.25) is 0 Å². The summed E-state index contributed by atoms with van der Waals surface area (Å²) in [6.07, 6.45) is 0.589. The largest absolute Gasteiger partial charge is 0.465 e. The molecule has 0 radical (unpaired) electrons. The Morgan fingerprint density at radius 2 is 2.06 bits per heavy atom. The summed E-state index contributed by atoms with van der Waals surface area (Å²) in [6, 6.07) is 6.89. The minimum Gasteiger partial charge on any atom is -0.465 e. The van der Waals surface area contributed by atoms with Crippen molar-refractivity contribution in [2.75, 3.05) is 7.11 Å². The summed E-state index contributed by atoms with van der Waals surface area (Å²) in [5, 5.41) is 9.06. The zero-order chi connectivity index (χ0) is 12.0. The van der Waals surface area contributed by atoms with Crippen molar-refractivity contribution >= 4 is 12.3 Å². The predicted octanol–water partition coefficient (Wildman–Crippen LogP) is 0.966. The van der Waals surface area contributed by atoms with Gasteiger partial charge in [-0.05, 0) is 30.5 Å². The molecule has 0 saturated heterocycles. The Morgan fingerprint density at radius 3 is 2.56 bits per heavy atom. The molecule has 0 aliphatic rings. The van der Waals surface area contributed by atoms with E-state index in [-0.39, 0.29) is 5.97 Å². The standard InChI is InChI=1S/C12H14O4/c1-16-12(15)10-5-2-9(3-6-10)4-7-11(14)8-13/h2-3,5-6,8,11,14H,4,7H2,1H3. The van der Waals surface area contributed by atoms with Crippen molar-refractivity contribution in [2.45, 2.75) is 18.9 Å². The number of hydrogen-bond acceptors (Lipinski definition) is 4. The third-order valence-electron chi connectivity index (χ3n) is 2.26. The molecule has 4 heteroatoms. The van der Waals surface area contributed by atoms with Gasteiger partial charge in [0.25, 0.3) is 0 Å². The number of aliphatic hydroxyl groups excluding tert-OH is 1. The topological polar surface area (TPSA) is 63.6 Å². The van der Waals surface area contributed by atoms with Gasteiger partial charge in [0.05, 0.1) is 12.7 Å². The summed E-state index contributed by atoms with van der Waals surface area (Å²) in [6.45, 7) is 0. The van der Waals surface area contributed by atoms with Crippen molar-refractivity contribution in [3.8, 4) is 0 Å². The third kappa shape index (κ3) is 3.47. The number of aryl methyl sites for hydroxylation is 1. The molecule has 0 fully saturated rings. The molecule has 1 unspecified atom stereocenters. The van der Waals surface area contributed by atoms with E-state index in [0.717, 1.165) is 5.56 Å². The molecule has 0 saturated carbocycles. The lowest BCUT2D eigenvalue weighted by Crippen LogP contribution is -2.09. The van der Waals surface area contributed by atoms with Crippen LogP contribution >= 0.6 is 0 Å². The highest BCUT2D eigenvalue weighted by Crippen LogP contribution is 2.08. The van der Waals surface area contributed by atoms with Crippen LogP contribution in [0.5, 0.6) is 0 Å². The first kappa shape index (κ1) is 12.4. The molecule has 0 aliphatic carbocycles. The molecule has 0 heterocycles. The van der Waals surface area contributed by atoms with Crippen molar-refractivity contribution in [3.05, 3.63) is 35.4 Å². The van der Waals surface area contributed by atoms with Crippen LogP contribution in [0.4, 0.5) is 0 Å². The monoisotopic (exact) mass is 222 g/mol. The second-order valence-electron chi connectivity index (χ2n) is 3.43. The molecule has 1 aromatic rings. The van der Waals surface area contributed by atoms with Gasteiger partial charge in [-0.1, -0.05) is 12.1 Å². The van der Waals surface area contributed by atoms with E-state index in [2.05, 4.69) is 4.74 Å². The van der Waals surface area contributed by atoms with Gasteiger partial charge >= 0.3 is 5.97 Å². The quantitative estimate of drug-likeness (QED) is 0.595. The molecule has 1 atom stereocenters. The lowest BCUT2D eigenvalue weighted by Gasteiger charge is -2.04. The number of hydrogen-bond donors (Lipinski definition) is 1. The van der Waals surface area contributed by atoms with Crippen LogP contribution in [0.1, 0.15) is 22.3 Å². The van der Waals surface area contributed by atoms with Gasteiger partial charge in [-0.25, -0.2) is 4.79 Å². The average Bonchev–Trinajstić information content (AvgIpc) is 2.35. The first-order valence-corrected chi connectivity index (χ1v) is 4.98. The van der Waals surface area contributed by atoms with E-state index in [1.807, 2.05) is 0 Å². The lowest BCUT2D eigenvalue weighted by atomic mass is 10.1. The molecule has 16 heavy (non-hydrogen) atoms. The molecule has 1 N–H and O–H groups in total. The first-order valence-electron chi connectivity index (χ1n) is 4.98. The van der Waals surface area contributed by atoms with Crippen LogP contribution in [0.2, 0.25) is 0 Å². The molecule has 1 rings (SSSR count). The number of ether oxygens (including phenoxy) is 1. The fraction of sp³-hybridized carbons (Fsp3) is 0.333. The minimum atomic E-state index is -0.916. The van der Waals surface area contributed by atoms with Crippen molar-refractivity contribution in [3.63, 3.8) is 0 Å². The molecular weight excluding hydrogens is 208 g/mol. The molecule has 0 aliphatic heterocycles. The summed E-state index contributed by atoms with van der Waals surface area (Å²) in [7, 11) is 1.33. The Labute approximate surface area is 93.9 Å². The van der Waals surface area contributed by atoms with Gasteiger partial charge < -0.3 is 14.6 Å². The van der Waals surface area contributed by atoms with Crippen molar-refractivity contribution in [1.82, 2.24) is 0 Å². The van der Waals surface area contributed by atoms with Crippen molar-refractivity contribution in [1.29, 1.82) is 0 Å². The molecule has 0 aromatic heterocycles. The highest BCUT2D eigenvalue weighted by atomic mass is 16.5. The summed E-state index contributed by atoms with van der Waals surface area (Å²) >= 11 is 0. The van der Waals surface area contributed by atoms with Crippen molar-refractivity contribution < 1.29 is 19.4 Å². The lowest BCUT2D eigenvalue weighted by molar-refractivity contribution is -0.115. The first-order chi connectivity index (χ1) is 7.67. The van der Waals surface area contributed by atoms with Gasteiger partial charge in [0.15, 0.2) is 0 Å². The molecular formula is C12H14O4. The van der Waals surface area contributed by atoms with Gasteiger partial charge in [0.1, 0.15) is 12.4 Å². The number of aldehydes is 1. The van der Waals surface area contributed by atoms with Crippen LogP contribution in [-0.4, -0.2) is 30.6 Å². The zero-order valence-electron chi connectivity index (χ0n) is 9.05. The van der Waals surface area contributed by atoms with E-state index in [4.69, 9.17) is 5.11 Å². The summed E-state index contributed by atoms with van der Waals surface area (Å²) in [5.41, 5.74) is 1.45. The second-order valence-corrected chi connectivity index (χ2v) is 3.43. The highest BCUT2D eigenvalue weighted by Gasteiger charge is 2.05. The number of carbonyl (C=O) groups is 2. The van der Waals surface area contributed by atoms with Gasteiger partial charge in [0, 0.05) is 0 Å². The van der Waals surface area contributed by atoms with E-state index in [0.29, 0.717) is 24.7 Å². The molecule has 4 nitrogen and oxygen atoms in total. The van der Waals surface area contributed by atoms with Gasteiger partial charge in [-0.3, -0.25) is 0 Å². The van der Waals surface area contributed by atoms with Crippen LogP contribution in [0, 0.1) is 0 Å². The van der Waals surface area contributed by atoms with Crippen LogP contribution in [-0.2, 0) is 16.0 Å². The maximum absolute atomic E-state index is 11.1. The van der Waals surface area contributed by atoms with Crippen LogP contribution in [0.25, 0.3) is 0 Å². The Balaban J connectivity index is 2.58. The van der Waals surface area contributed by atoms with E-state index in [1.54, 1.807) is 24.3 Å². The smallest absolute Gasteiger partial charge is 0.337 e. The summed E-state index contributed by atoms with van der Waals surface area (Å²) < 4.78 is 4.57. The summed E-state index contributed by atoms with van der Waals surface area (Å²) in [4.78, 5) is 21.3. The number of aliphatic hydroxyl groups is 1. The fourth-order valence-corrected chi connectivity index (χ4v) is 1.31. The summed E-state index contributed by atoms with van der Waals surface area (Å²) in [5.74, 6) is -0.375. The minimum absolute atomic E-state index is 0.375. The number of methoxy groups -OCH3 is 1. The zero-order valence-corrected chi connectivity index (χ0v) is 9.05. The fourth-order valence-electron chi connectivity index (χ4n) is 1.31. The molecule has 0 amide bonds. The molecule has 0 spiro atoms. The Bertz CT molecular complexity index is 356. The van der Waals surface area contributed by atoms with E-state index in [9.17, 15) is 9.59 Å². The molecule has 86 valence electrons. The highest BCUT2D eigenvalue weighted by molar-refractivity contribution is 5.89. The van der Waals surface area contributed by atoms with Crippen LogP contribution in [0.15, 0.2) is 24.3 Å². The Hall–Kier alpha value is -1.68. The van der Waals surface area contributed by atoms with Gasteiger partial charge in [-0.15, -0.1) is 0 Å². The normalized spacial score (nSPS) is 11.9. The van der Waals surface area contributed by atoms with E-state index < -0.39 is 6.10 Å². The number of esters is 1. The molecule has 0 bridgehead atoms. The van der Waals surface area contributed by atoms with Crippen molar-refractivity contribution in [2.24, 2.45) is 0 Å². The van der Waals surface area contributed by atoms with Crippen LogP contribution in [0.3, 0.4) is 0 Å².